The molecule has 0 saturated carbocycles. The molecular formula is C26H37N5O4S. The van der Waals surface area contributed by atoms with Gasteiger partial charge in [0, 0.05) is 18.7 Å². The van der Waals surface area contributed by atoms with Crippen LogP contribution in [0.1, 0.15) is 77.3 Å². The van der Waals surface area contributed by atoms with Gasteiger partial charge in [-0.25, -0.2) is 13.1 Å². The maximum absolute atomic E-state index is 13.0. The van der Waals surface area contributed by atoms with Crippen LogP contribution in [0.5, 0.6) is 5.88 Å². The van der Waals surface area contributed by atoms with Gasteiger partial charge in [0.1, 0.15) is 11.6 Å². The van der Waals surface area contributed by atoms with Crippen molar-refractivity contribution in [1.82, 2.24) is 9.29 Å². The number of aromatic nitrogens is 1. The van der Waals surface area contributed by atoms with Crippen LogP contribution < -0.4 is 10.3 Å². The third-order valence-electron chi connectivity index (χ3n) is 6.23. The first kappa shape index (κ1) is 29.2. The van der Waals surface area contributed by atoms with Crippen LogP contribution in [-0.4, -0.2) is 24.6 Å². The highest BCUT2D eigenvalue weighted by Gasteiger charge is 2.21. The number of unbranched alkanes of at least 4 members (excludes halogenated alkanes) is 2. The normalized spacial score (nSPS) is 12.6. The topological polar surface area (TPSA) is 137 Å². The molecular weight excluding hydrogens is 478 g/mol. The molecule has 1 aromatic carbocycles. The first-order valence-electron chi connectivity index (χ1n) is 12.6. The first-order valence-corrected chi connectivity index (χ1v) is 14.1. The lowest BCUT2D eigenvalue weighted by atomic mass is 10.00. The fraction of sp³-hybridized carbons (Fsp3) is 0.538. The highest BCUT2D eigenvalue weighted by Crippen LogP contribution is 2.28. The minimum absolute atomic E-state index is 0.000922. The second-order valence-corrected chi connectivity index (χ2v) is 10.5. The zero-order chi connectivity index (χ0) is 26.7. The van der Waals surface area contributed by atoms with Crippen molar-refractivity contribution in [3.63, 3.8) is 0 Å². The van der Waals surface area contributed by atoms with Gasteiger partial charge < -0.3 is 5.11 Å². The smallest absolute Gasteiger partial charge is 0.281 e. The molecule has 0 aliphatic rings. The monoisotopic (exact) mass is 515 g/mol. The summed E-state index contributed by atoms with van der Waals surface area (Å²) in [4.78, 5) is 13.1. The fourth-order valence-corrected chi connectivity index (χ4v) is 5.00. The van der Waals surface area contributed by atoms with E-state index in [1.165, 1.54) is 24.3 Å². The van der Waals surface area contributed by atoms with Gasteiger partial charge in [0.2, 0.25) is 15.9 Å². The summed E-state index contributed by atoms with van der Waals surface area (Å²) in [5.41, 5.74) is 0.181. The summed E-state index contributed by atoms with van der Waals surface area (Å²) in [6, 6.07) is 7.89. The number of benzene rings is 1. The number of azo groups is 1. The van der Waals surface area contributed by atoms with E-state index in [2.05, 4.69) is 28.8 Å². The predicted octanol–water partition coefficient (Wildman–Crippen LogP) is 5.70. The van der Waals surface area contributed by atoms with Gasteiger partial charge in [0.15, 0.2) is 5.69 Å². The van der Waals surface area contributed by atoms with Gasteiger partial charge in [-0.15, -0.1) is 5.11 Å². The van der Waals surface area contributed by atoms with Crippen molar-refractivity contribution in [3.05, 3.63) is 45.7 Å². The molecule has 0 spiro atoms. The van der Waals surface area contributed by atoms with Crippen LogP contribution in [0.25, 0.3) is 0 Å². The van der Waals surface area contributed by atoms with Crippen molar-refractivity contribution in [2.75, 3.05) is 6.54 Å². The van der Waals surface area contributed by atoms with E-state index < -0.39 is 15.6 Å². The van der Waals surface area contributed by atoms with Crippen LogP contribution in [0.15, 0.2) is 44.2 Å². The fourth-order valence-electron chi connectivity index (χ4n) is 3.88. The number of nitriles is 1. The van der Waals surface area contributed by atoms with Crippen LogP contribution in [-0.2, 0) is 23.0 Å². The minimum atomic E-state index is -3.66. The molecule has 196 valence electrons. The minimum Gasteiger partial charge on any atom is -0.493 e. The van der Waals surface area contributed by atoms with Crippen LogP contribution in [0.4, 0.5) is 11.4 Å². The zero-order valence-corrected chi connectivity index (χ0v) is 22.4. The van der Waals surface area contributed by atoms with Crippen molar-refractivity contribution in [1.29, 1.82) is 5.26 Å². The van der Waals surface area contributed by atoms with Crippen molar-refractivity contribution in [2.45, 2.75) is 84.1 Å². The molecule has 0 aliphatic carbocycles. The summed E-state index contributed by atoms with van der Waals surface area (Å²) in [5.74, 6) is -0.0561. The van der Waals surface area contributed by atoms with Crippen molar-refractivity contribution >= 4 is 21.4 Å². The lowest BCUT2D eigenvalue weighted by Gasteiger charge is -2.15. The molecule has 1 aromatic heterocycles. The van der Waals surface area contributed by atoms with Gasteiger partial charge in [-0.05, 0) is 49.4 Å². The van der Waals surface area contributed by atoms with Crippen LogP contribution in [0.3, 0.4) is 0 Å². The molecule has 0 bridgehead atoms. The molecule has 9 nitrogen and oxygen atoms in total. The number of rotatable bonds is 14. The maximum atomic E-state index is 13.0. The van der Waals surface area contributed by atoms with Crippen molar-refractivity contribution in [2.24, 2.45) is 16.1 Å². The van der Waals surface area contributed by atoms with E-state index in [-0.39, 0.29) is 28.6 Å². The molecule has 2 N–H and O–H groups in total. The maximum Gasteiger partial charge on any atom is 0.281 e. The molecule has 0 aliphatic heterocycles. The molecule has 10 heteroatoms. The summed E-state index contributed by atoms with van der Waals surface area (Å²) in [7, 11) is -3.66. The van der Waals surface area contributed by atoms with E-state index in [0.717, 1.165) is 36.7 Å². The summed E-state index contributed by atoms with van der Waals surface area (Å²) in [5, 5.41) is 28.3. The summed E-state index contributed by atoms with van der Waals surface area (Å²) in [6.45, 7) is 8.56. The standard InChI is InChI=1S/C26H37N5O4S/c1-5-9-11-19(7-3)18-28-36(34,35)21-14-12-20(13-15-21)29-30-24-22(8-4)23(17-27)25(32)31(26(24)33)16-10-6-2/h12-15,19,28,32H,5-11,16,18H2,1-4H3. The number of nitrogens with zero attached hydrogens (tertiary/aromatic N) is 4. The zero-order valence-electron chi connectivity index (χ0n) is 21.6. The van der Waals surface area contributed by atoms with E-state index in [0.29, 0.717) is 36.6 Å². The van der Waals surface area contributed by atoms with E-state index in [9.17, 15) is 23.6 Å². The number of pyridine rings is 1. The average Bonchev–Trinajstić information content (AvgIpc) is 2.88. The molecule has 0 amide bonds. The van der Waals surface area contributed by atoms with Gasteiger partial charge in [-0.2, -0.15) is 10.4 Å². The molecule has 1 unspecified atom stereocenters. The molecule has 1 heterocycles. The molecule has 1 atom stereocenters. The quantitative estimate of drug-likeness (QED) is 0.311. The third-order valence-corrected chi connectivity index (χ3v) is 7.67. The Kier molecular flexibility index (Phi) is 11.3. The van der Waals surface area contributed by atoms with Crippen LogP contribution in [0, 0.1) is 17.2 Å². The SMILES string of the molecule is CCCCC(CC)CNS(=O)(=O)c1ccc(N=Nc2c(CC)c(C#N)c(O)n(CCCC)c2=O)cc1. The Hall–Kier alpha value is -3.03. The van der Waals surface area contributed by atoms with Gasteiger partial charge >= 0.3 is 0 Å². The number of hydrogen-bond acceptors (Lipinski definition) is 7. The van der Waals surface area contributed by atoms with E-state index in [1.807, 2.05) is 13.0 Å². The Balaban J connectivity index is 2.30. The Morgan fingerprint density at radius 1 is 1.08 bits per heavy atom. The average molecular weight is 516 g/mol. The Labute approximate surface area is 213 Å². The number of nitrogens with one attached hydrogen (secondary N) is 1. The molecule has 36 heavy (non-hydrogen) atoms. The van der Waals surface area contributed by atoms with Gasteiger partial charge in [-0.3, -0.25) is 9.36 Å². The van der Waals surface area contributed by atoms with E-state index >= 15 is 0 Å². The summed E-state index contributed by atoms with van der Waals surface area (Å²) >= 11 is 0. The summed E-state index contributed by atoms with van der Waals surface area (Å²) < 4.78 is 29.3. The highest BCUT2D eigenvalue weighted by atomic mass is 32.2. The lowest BCUT2D eigenvalue weighted by Crippen LogP contribution is -2.29. The Morgan fingerprint density at radius 2 is 1.75 bits per heavy atom. The molecule has 0 radical (unpaired) electrons. The van der Waals surface area contributed by atoms with Crippen molar-refractivity contribution < 1.29 is 13.5 Å². The van der Waals surface area contributed by atoms with Crippen LogP contribution >= 0.6 is 0 Å². The highest BCUT2D eigenvalue weighted by molar-refractivity contribution is 7.89. The van der Waals surface area contributed by atoms with E-state index in [1.54, 1.807) is 6.92 Å². The number of sulfonamides is 1. The summed E-state index contributed by atoms with van der Waals surface area (Å²) in [6.07, 6.45) is 5.82. The number of aromatic hydroxyl groups is 1. The first-order chi connectivity index (χ1) is 17.2. The predicted molar refractivity (Wildman–Crippen MR) is 140 cm³/mol. The molecule has 2 rings (SSSR count). The Bertz CT molecular complexity index is 1250. The number of hydrogen-bond donors (Lipinski definition) is 2. The molecule has 0 fully saturated rings. The third kappa shape index (κ3) is 7.24. The second kappa shape index (κ2) is 13.9. The van der Waals surface area contributed by atoms with Crippen LogP contribution in [0.2, 0.25) is 0 Å². The largest absolute Gasteiger partial charge is 0.493 e. The Morgan fingerprint density at radius 3 is 2.31 bits per heavy atom. The molecule has 0 saturated heterocycles. The van der Waals surface area contributed by atoms with E-state index in [4.69, 9.17) is 0 Å². The second-order valence-electron chi connectivity index (χ2n) is 8.76. The van der Waals surface area contributed by atoms with Gasteiger partial charge in [0.05, 0.1) is 10.6 Å². The van der Waals surface area contributed by atoms with Gasteiger partial charge in [0.25, 0.3) is 5.56 Å². The molecule has 2 aromatic rings. The lowest BCUT2D eigenvalue weighted by molar-refractivity contribution is 0.399. The van der Waals surface area contributed by atoms with Gasteiger partial charge in [-0.1, -0.05) is 53.4 Å². The van der Waals surface area contributed by atoms with Crippen molar-refractivity contribution in [3.8, 4) is 11.9 Å².